The molecule has 0 aliphatic carbocycles. The highest BCUT2D eigenvalue weighted by atomic mass is 35.5. The van der Waals surface area contributed by atoms with E-state index < -0.39 is 0 Å². The maximum Gasteiger partial charge on any atom is 0.258 e. The Kier molecular flexibility index (Phi) is 7.79. The molecule has 1 amide bonds. The molecule has 0 N–H and O–H groups in total. The van der Waals surface area contributed by atoms with Crippen LogP contribution in [0.1, 0.15) is 38.0 Å². The summed E-state index contributed by atoms with van der Waals surface area (Å²) in [6.45, 7) is 4.28. The number of anilines is 2. The summed E-state index contributed by atoms with van der Waals surface area (Å²) in [6.07, 6.45) is 2.97. The van der Waals surface area contributed by atoms with Gasteiger partial charge in [-0.3, -0.25) is 4.79 Å². The van der Waals surface area contributed by atoms with Crippen molar-refractivity contribution in [2.45, 2.75) is 32.2 Å². The van der Waals surface area contributed by atoms with E-state index in [1.54, 1.807) is 37.4 Å². The molecule has 1 heterocycles. The average Bonchev–Trinajstić information content (AvgIpc) is 3.24. The van der Waals surface area contributed by atoms with Gasteiger partial charge in [0.15, 0.2) is 0 Å². The number of likely N-dealkylation sites (N-methyl/N-ethyl adjacent to an activating group) is 1. The molecule has 0 bridgehead atoms. The van der Waals surface area contributed by atoms with E-state index in [0.717, 1.165) is 32.4 Å². The van der Waals surface area contributed by atoms with Crippen molar-refractivity contribution in [3.63, 3.8) is 0 Å². The lowest BCUT2D eigenvalue weighted by molar-refractivity contribution is 0.0993. The van der Waals surface area contributed by atoms with E-state index in [1.165, 1.54) is 11.0 Å². The van der Waals surface area contributed by atoms with Crippen LogP contribution >= 0.6 is 11.6 Å². The molecule has 3 rings (SSSR count). The van der Waals surface area contributed by atoms with E-state index in [2.05, 4.69) is 16.7 Å². The highest BCUT2D eigenvalue weighted by molar-refractivity contribution is 6.32. The summed E-state index contributed by atoms with van der Waals surface area (Å²) in [5.41, 5.74) is 1.49. The fraction of sp³-hybridized carbons (Fsp3) is 0.458. The number of benzene rings is 2. The molecule has 2 aromatic rings. The SMILES string of the molecule is CCCCOc1ccc(C(=O)N(C)c2ccc(N3CCC(N(C)C)C3)c(F)c2)cc1Cl.[HH]. The minimum atomic E-state index is -0.325. The number of amides is 1. The lowest BCUT2D eigenvalue weighted by Gasteiger charge is -2.24. The van der Waals surface area contributed by atoms with Gasteiger partial charge in [0.05, 0.1) is 17.3 Å². The van der Waals surface area contributed by atoms with Gasteiger partial charge in [0.25, 0.3) is 5.91 Å². The van der Waals surface area contributed by atoms with Crippen LogP contribution in [0.4, 0.5) is 15.8 Å². The molecule has 1 fully saturated rings. The Balaban J connectivity index is 0.00000363. The molecular weight excluding hydrogens is 417 g/mol. The molecule has 170 valence electrons. The fourth-order valence-electron chi connectivity index (χ4n) is 3.73. The molecule has 0 saturated carbocycles. The van der Waals surface area contributed by atoms with E-state index in [1.807, 2.05) is 14.1 Å². The Morgan fingerprint density at radius 3 is 2.65 bits per heavy atom. The molecule has 0 aromatic heterocycles. The molecular formula is C24H33ClFN3O2. The zero-order valence-electron chi connectivity index (χ0n) is 18.7. The topological polar surface area (TPSA) is 36.0 Å². The predicted molar refractivity (Wildman–Crippen MR) is 127 cm³/mol. The Labute approximate surface area is 190 Å². The van der Waals surface area contributed by atoms with E-state index >= 15 is 0 Å². The molecule has 2 aromatic carbocycles. The minimum Gasteiger partial charge on any atom is -0.492 e. The van der Waals surface area contributed by atoms with Crippen LogP contribution in [0.3, 0.4) is 0 Å². The van der Waals surface area contributed by atoms with Gasteiger partial charge in [-0.15, -0.1) is 0 Å². The number of rotatable bonds is 8. The summed E-state index contributed by atoms with van der Waals surface area (Å²) in [7, 11) is 5.73. The molecule has 1 aliphatic heterocycles. The van der Waals surface area contributed by atoms with Crippen molar-refractivity contribution < 1.29 is 15.3 Å². The van der Waals surface area contributed by atoms with E-state index in [4.69, 9.17) is 16.3 Å². The zero-order valence-corrected chi connectivity index (χ0v) is 19.5. The van der Waals surface area contributed by atoms with Crippen molar-refractivity contribution in [1.29, 1.82) is 0 Å². The lowest BCUT2D eigenvalue weighted by Crippen LogP contribution is -2.31. The summed E-state index contributed by atoms with van der Waals surface area (Å²) < 4.78 is 20.5. The first-order chi connectivity index (χ1) is 14.8. The van der Waals surface area contributed by atoms with Gasteiger partial charge in [0.1, 0.15) is 11.6 Å². The Bertz CT molecular complexity index is 928. The summed E-state index contributed by atoms with van der Waals surface area (Å²) >= 11 is 6.29. The van der Waals surface area contributed by atoms with E-state index in [0.29, 0.717) is 40.4 Å². The minimum absolute atomic E-state index is 0. The van der Waals surface area contributed by atoms with Gasteiger partial charge in [-0.2, -0.15) is 0 Å². The number of carbonyl (C=O) groups excluding carboxylic acids is 1. The molecule has 1 unspecified atom stereocenters. The normalized spacial score (nSPS) is 16.1. The number of ether oxygens (including phenoxy) is 1. The molecule has 0 radical (unpaired) electrons. The predicted octanol–water partition coefficient (Wildman–Crippen LogP) is 5.32. The van der Waals surface area contributed by atoms with Crippen molar-refractivity contribution >= 4 is 28.9 Å². The molecule has 1 saturated heterocycles. The zero-order chi connectivity index (χ0) is 22.5. The second-order valence-electron chi connectivity index (χ2n) is 8.20. The van der Waals surface area contributed by atoms with Gasteiger partial charge < -0.3 is 19.4 Å². The van der Waals surface area contributed by atoms with Gasteiger partial charge in [-0.1, -0.05) is 24.9 Å². The number of hydrogen-bond acceptors (Lipinski definition) is 4. The standard InChI is InChI=1S/C24H31ClFN3O2.H2/c1-5-6-13-31-23-10-7-17(14-20(23)25)24(30)28(4)18-8-9-22(21(26)15-18)29-12-11-19(16-29)27(2)3;/h7-10,14-15,19H,5-6,11-13,16H2,1-4H3;1H. The van der Waals surface area contributed by atoms with Crippen LogP contribution in [0.2, 0.25) is 5.02 Å². The smallest absolute Gasteiger partial charge is 0.258 e. The third-order valence-electron chi connectivity index (χ3n) is 5.79. The first-order valence-corrected chi connectivity index (χ1v) is 11.1. The number of carbonyl (C=O) groups is 1. The number of nitrogens with zero attached hydrogens (tertiary/aromatic N) is 3. The molecule has 1 aliphatic rings. The molecule has 5 nitrogen and oxygen atoms in total. The number of halogens is 2. The van der Waals surface area contributed by atoms with Crippen LogP contribution in [0.15, 0.2) is 36.4 Å². The van der Waals surface area contributed by atoms with Gasteiger partial charge >= 0.3 is 0 Å². The largest absolute Gasteiger partial charge is 0.492 e. The van der Waals surface area contributed by atoms with Crippen molar-refractivity contribution in [2.24, 2.45) is 0 Å². The van der Waals surface area contributed by atoms with Crippen LogP contribution in [0.25, 0.3) is 0 Å². The summed E-state index contributed by atoms with van der Waals surface area (Å²) in [6, 6.07) is 10.4. The van der Waals surface area contributed by atoms with Gasteiger partial charge in [0, 0.05) is 38.9 Å². The van der Waals surface area contributed by atoms with Crippen LogP contribution < -0.4 is 14.5 Å². The van der Waals surface area contributed by atoms with Crippen molar-refractivity contribution in [1.82, 2.24) is 4.90 Å². The lowest BCUT2D eigenvalue weighted by atomic mass is 10.1. The molecule has 0 spiro atoms. The van der Waals surface area contributed by atoms with Crippen LogP contribution in [-0.4, -0.2) is 57.7 Å². The maximum absolute atomic E-state index is 14.9. The van der Waals surface area contributed by atoms with Gasteiger partial charge in [-0.25, -0.2) is 4.39 Å². The third kappa shape index (κ3) is 5.49. The van der Waals surface area contributed by atoms with E-state index in [-0.39, 0.29) is 13.2 Å². The summed E-state index contributed by atoms with van der Waals surface area (Å²) in [4.78, 5) is 18.6. The quantitative estimate of drug-likeness (QED) is 0.511. The Hall–Kier alpha value is -2.31. The van der Waals surface area contributed by atoms with Crippen molar-refractivity contribution in [3.8, 4) is 5.75 Å². The van der Waals surface area contributed by atoms with Crippen LogP contribution in [-0.2, 0) is 0 Å². The van der Waals surface area contributed by atoms with Gasteiger partial charge in [-0.05, 0) is 63.3 Å². The molecule has 31 heavy (non-hydrogen) atoms. The first-order valence-electron chi connectivity index (χ1n) is 10.7. The second kappa shape index (κ2) is 10.3. The number of unbranched alkanes of at least 4 members (excludes halogenated alkanes) is 1. The fourth-order valence-corrected chi connectivity index (χ4v) is 3.97. The highest BCUT2D eigenvalue weighted by Crippen LogP contribution is 2.30. The van der Waals surface area contributed by atoms with Crippen molar-refractivity contribution in [3.05, 3.63) is 52.8 Å². The van der Waals surface area contributed by atoms with E-state index in [9.17, 15) is 9.18 Å². The maximum atomic E-state index is 14.9. The molecule has 1 atom stereocenters. The average molecular weight is 450 g/mol. The monoisotopic (exact) mass is 449 g/mol. The van der Waals surface area contributed by atoms with Crippen LogP contribution in [0.5, 0.6) is 5.75 Å². The highest BCUT2D eigenvalue weighted by Gasteiger charge is 2.26. The van der Waals surface area contributed by atoms with Gasteiger partial charge in [0.2, 0.25) is 0 Å². The van der Waals surface area contributed by atoms with Crippen LogP contribution in [0, 0.1) is 5.82 Å². The Morgan fingerprint density at radius 1 is 1.26 bits per heavy atom. The number of hydrogen-bond donors (Lipinski definition) is 0. The van der Waals surface area contributed by atoms with Crippen molar-refractivity contribution in [2.75, 3.05) is 50.6 Å². The Morgan fingerprint density at radius 2 is 2.03 bits per heavy atom. The second-order valence-corrected chi connectivity index (χ2v) is 8.61. The third-order valence-corrected chi connectivity index (χ3v) is 6.09. The first kappa shape index (κ1) is 23.4. The molecule has 7 heteroatoms. The summed E-state index contributed by atoms with van der Waals surface area (Å²) in [5.74, 6) is -0.0244. The summed E-state index contributed by atoms with van der Waals surface area (Å²) in [5, 5.41) is 0.390.